The highest BCUT2D eigenvalue weighted by Crippen LogP contribution is 2.29. The van der Waals surface area contributed by atoms with Crippen molar-refractivity contribution in [2.45, 2.75) is 6.04 Å². The fraction of sp³-hybridized carbons (Fsp3) is 0.0400. The van der Waals surface area contributed by atoms with Crippen molar-refractivity contribution in [3.8, 4) is 11.8 Å². The van der Waals surface area contributed by atoms with Crippen LogP contribution in [0, 0.1) is 11.8 Å². The third-order valence-corrected chi connectivity index (χ3v) is 4.48. The topological polar surface area (TPSA) is 33.2 Å². The van der Waals surface area contributed by atoms with Crippen molar-refractivity contribution in [2.24, 2.45) is 0 Å². The molecule has 3 nitrogen and oxygen atoms in total. The summed E-state index contributed by atoms with van der Waals surface area (Å²) in [5, 5.41) is 0. The van der Waals surface area contributed by atoms with Crippen LogP contribution in [-0.2, 0) is 4.79 Å². The second-order valence-electron chi connectivity index (χ2n) is 6.34. The predicted molar refractivity (Wildman–Crippen MR) is 112 cm³/mol. The monoisotopic (exact) mass is 362 g/mol. The average molecular weight is 362 g/mol. The number of para-hydroxylation sites is 1. The second kappa shape index (κ2) is 8.20. The SMILES string of the molecule is O=CC1C(C#Cc2ccccc2)=CC(c2ccccn2)=CN1c1ccccc1. The van der Waals surface area contributed by atoms with E-state index in [2.05, 4.69) is 16.8 Å². The van der Waals surface area contributed by atoms with E-state index < -0.39 is 6.04 Å². The highest BCUT2D eigenvalue weighted by molar-refractivity contribution is 5.86. The van der Waals surface area contributed by atoms with Gasteiger partial charge in [0.15, 0.2) is 0 Å². The van der Waals surface area contributed by atoms with Gasteiger partial charge in [0.2, 0.25) is 0 Å². The summed E-state index contributed by atoms with van der Waals surface area (Å²) in [7, 11) is 0. The van der Waals surface area contributed by atoms with Gasteiger partial charge in [-0.05, 0) is 42.5 Å². The number of hydrogen-bond acceptors (Lipinski definition) is 3. The van der Waals surface area contributed by atoms with Crippen molar-refractivity contribution in [3.63, 3.8) is 0 Å². The maximum atomic E-state index is 12.0. The van der Waals surface area contributed by atoms with Gasteiger partial charge in [-0.3, -0.25) is 4.98 Å². The number of hydrogen-bond donors (Lipinski definition) is 0. The summed E-state index contributed by atoms with van der Waals surface area (Å²) in [5.74, 6) is 6.38. The van der Waals surface area contributed by atoms with Crippen LogP contribution < -0.4 is 4.90 Å². The van der Waals surface area contributed by atoms with Crippen LogP contribution in [0.4, 0.5) is 5.69 Å². The van der Waals surface area contributed by atoms with Crippen LogP contribution in [0.3, 0.4) is 0 Å². The Kier molecular flexibility index (Phi) is 5.13. The lowest BCUT2D eigenvalue weighted by atomic mass is 9.97. The molecule has 0 N–H and O–H groups in total. The first-order valence-corrected chi connectivity index (χ1v) is 9.06. The Labute approximate surface area is 164 Å². The van der Waals surface area contributed by atoms with Gasteiger partial charge in [-0.15, -0.1) is 0 Å². The lowest BCUT2D eigenvalue weighted by Gasteiger charge is -2.31. The van der Waals surface area contributed by atoms with Crippen LogP contribution >= 0.6 is 0 Å². The predicted octanol–water partition coefficient (Wildman–Crippen LogP) is 4.49. The van der Waals surface area contributed by atoms with Crippen LogP contribution in [0.15, 0.2) is 103 Å². The molecule has 0 radical (unpaired) electrons. The summed E-state index contributed by atoms with van der Waals surface area (Å²) < 4.78 is 0. The van der Waals surface area contributed by atoms with E-state index in [1.54, 1.807) is 6.20 Å². The van der Waals surface area contributed by atoms with Crippen molar-refractivity contribution in [2.75, 3.05) is 4.90 Å². The molecule has 134 valence electrons. The van der Waals surface area contributed by atoms with Crippen molar-refractivity contribution < 1.29 is 4.79 Å². The molecule has 2 heterocycles. The van der Waals surface area contributed by atoms with E-state index in [0.29, 0.717) is 0 Å². The second-order valence-corrected chi connectivity index (χ2v) is 6.34. The molecule has 1 atom stereocenters. The van der Waals surface area contributed by atoms with Crippen LogP contribution in [0.1, 0.15) is 11.3 Å². The van der Waals surface area contributed by atoms with Gasteiger partial charge in [-0.1, -0.05) is 54.3 Å². The molecule has 0 bridgehead atoms. The Bertz CT molecular complexity index is 1070. The van der Waals surface area contributed by atoms with Crippen molar-refractivity contribution in [1.29, 1.82) is 0 Å². The standard InChI is InChI=1S/C25H18N2O/c28-19-25-21(15-14-20-9-3-1-4-10-20)17-22(24-13-7-8-16-26-24)18-27(25)23-11-5-2-6-12-23/h1-13,16-19,25H. The molecule has 2 aromatic carbocycles. The first-order valence-electron chi connectivity index (χ1n) is 9.06. The number of anilines is 1. The van der Waals surface area contributed by atoms with Crippen LogP contribution in [-0.4, -0.2) is 17.3 Å². The largest absolute Gasteiger partial charge is 0.332 e. The molecule has 4 rings (SSSR count). The summed E-state index contributed by atoms with van der Waals surface area (Å²) in [6.07, 6.45) is 6.61. The Hall–Kier alpha value is -3.90. The van der Waals surface area contributed by atoms with Crippen molar-refractivity contribution in [3.05, 3.63) is 114 Å². The quantitative estimate of drug-likeness (QED) is 0.508. The molecule has 3 aromatic rings. The fourth-order valence-electron chi connectivity index (χ4n) is 3.09. The zero-order valence-corrected chi connectivity index (χ0v) is 15.2. The number of carbonyl (C=O) groups excluding carboxylic acids is 1. The third kappa shape index (κ3) is 3.77. The van der Waals surface area contributed by atoms with Gasteiger partial charge < -0.3 is 9.69 Å². The van der Waals surface area contributed by atoms with Gasteiger partial charge in [0.25, 0.3) is 0 Å². The van der Waals surface area contributed by atoms with Crippen LogP contribution in [0.5, 0.6) is 0 Å². The lowest BCUT2D eigenvalue weighted by molar-refractivity contribution is -0.108. The van der Waals surface area contributed by atoms with E-state index in [4.69, 9.17) is 0 Å². The van der Waals surface area contributed by atoms with Crippen LogP contribution in [0.2, 0.25) is 0 Å². The highest BCUT2D eigenvalue weighted by Gasteiger charge is 2.25. The normalized spacial score (nSPS) is 15.7. The molecule has 28 heavy (non-hydrogen) atoms. The summed E-state index contributed by atoms with van der Waals surface area (Å²) in [6, 6.07) is 24.9. The first kappa shape index (κ1) is 17.5. The third-order valence-electron chi connectivity index (χ3n) is 4.48. The number of pyridine rings is 1. The molecule has 0 fully saturated rings. The number of aromatic nitrogens is 1. The zero-order chi connectivity index (χ0) is 19.2. The molecule has 1 aromatic heterocycles. The smallest absolute Gasteiger partial charge is 0.148 e. The van der Waals surface area contributed by atoms with E-state index in [0.717, 1.165) is 34.4 Å². The first-order chi connectivity index (χ1) is 13.8. The van der Waals surface area contributed by atoms with Gasteiger partial charge in [-0.25, -0.2) is 0 Å². The average Bonchev–Trinajstić information content (AvgIpc) is 2.79. The molecule has 1 aliphatic heterocycles. The lowest BCUT2D eigenvalue weighted by Crippen LogP contribution is -2.36. The molecule has 0 spiro atoms. The Morgan fingerprint density at radius 1 is 0.857 bits per heavy atom. The molecule has 0 amide bonds. The Morgan fingerprint density at radius 3 is 2.25 bits per heavy atom. The number of nitrogens with zero attached hydrogens (tertiary/aromatic N) is 2. The number of allylic oxidation sites excluding steroid dienone is 2. The minimum Gasteiger partial charge on any atom is -0.332 e. The number of carbonyl (C=O) groups is 1. The van der Waals surface area contributed by atoms with Gasteiger partial charge in [0, 0.05) is 34.8 Å². The summed E-state index contributed by atoms with van der Waals surface area (Å²) in [4.78, 5) is 18.4. The minimum absolute atomic E-state index is 0.480. The van der Waals surface area contributed by atoms with E-state index in [-0.39, 0.29) is 0 Å². The van der Waals surface area contributed by atoms with E-state index >= 15 is 0 Å². The van der Waals surface area contributed by atoms with E-state index in [1.165, 1.54) is 0 Å². The molecular weight excluding hydrogens is 344 g/mol. The molecule has 0 saturated heterocycles. The van der Waals surface area contributed by atoms with Crippen molar-refractivity contribution in [1.82, 2.24) is 4.98 Å². The summed E-state index contributed by atoms with van der Waals surface area (Å²) >= 11 is 0. The number of aldehydes is 1. The Balaban J connectivity index is 1.81. The maximum Gasteiger partial charge on any atom is 0.148 e. The van der Waals surface area contributed by atoms with Crippen LogP contribution in [0.25, 0.3) is 5.57 Å². The molecular formula is C25H18N2O. The van der Waals surface area contributed by atoms with E-state index in [9.17, 15) is 4.79 Å². The maximum absolute atomic E-state index is 12.0. The number of benzene rings is 2. The molecule has 1 unspecified atom stereocenters. The zero-order valence-electron chi connectivity index (χ0n) is 15.2. The van der Waals surface area contributed by atoms with Crippen molar-refractivity contribution >= 4 is 17.5 Å². The van der Waals surface area contributed by atoms with Gasteiger partial charge in [-0.2, -0.15) is 0 Å². The summed E-state index contributed by atoms with van der Waals surface area (Å²) in [5.41, 5.74) is 4.34. The minimum atomic E-state index is -0.480. The van der Waals surface area contributed by atoms with E-state index in [1.807, 2.05) is 96.0 Å². The summed E-state index contributed by atoms with van der Waals surface area (Å²) in [6.45, 7) is 0. The fourth-order valence-corrected chi connectivity index (χ4v) is 3.09. The Morgan fingerprint density at radius 2 is 1.57 bits per heavy atom. The highest BCUT2D eigenvalue weighted by atomic mass is 16.1. The molecule has 0 aliphatic carbocycles. The molecule has 3 heteroatoms. The van der Waals surface area contributed by atoms with Gasteiger partial charge in [0.05, 0.1) is 5.69 Å². The molecule has 0 saturated carbocycles. The molecule has 1 aliphatic rings. The van der Waals surface area contributed by atoms with Gasteiger partial charge in [0.1, 0.15) is 12.3 Å². The van der Waals surface area contributed by atoms with Gasteiger partial charge >= 0.3 is 0 Å². The number of rotatable bonds is 3.